The van der Waals surface area contributed by atoms with Crippen LogP contribution in [0.2, 0.25) is 0 Å². The highest BCUT2D eigenvalue weighted by Gasteiger charge is 2.31. The molecule has 1 aliphatic heterocycles. The lowest BCUT2D eigenvalue weighted by molar-refractivity contribution is -0.137. The molecule has 1 fully saturated rings. The number of benzene rings is 2. The predicted octanol–water partition coefficient (Wildman–Crippen LogP) is 5.69. The molecule has 3 aromatic rings. The molecule has 3 amide bonds. The number of anilines is 1. The van der Waals surface area contributed by atoms with E-state index in [9.17, 15) is 27.6 Å². The fourth-order valence-electron chi connectivity index (χ4n) is 5.16. The Labute approximate surface area is 260 Å². The van der Waals surface area contributed by atoms with Crippen molar-refractivity contribution in [3.63, 3.8) is 0 Å². The zero-order valence-corrected chi connectivity index (χ0v) is 25.7. The van der Waals surface area contributed by atoms with Gasteiger partial charge in [0.2, 0.25) is 11.8 Å². The maximum atomic E-state index is 13.7. The van der Waals surface area contributed by atoms with Crippen molar-refractivity contribution in [2.45, 2.75) is 76.7 Å². The standard InChI is InChI=1S/C33H40F3N5O4/c1-32(2,3)45-31(44)40-27(11-8-18-41-16-6-7-17-41)29(42)39-28(19-22-12-14-24(15-13-22)33(34,35)36)30(43)38-25-20-23-9-4-5-10-26(23)37-21-25/h4-5,9-10,12-15,20-21,27-28H,6-8,11,16-19H2,1-3H3,(H,38,43)(H,39,42)(H,40,44)/t27-,28+/m0/s1. The third kappa shape index (κ3) is 10.4. The number of alkyl carbamates (subject to hydrolysis) is 1. The molecule has 0 spiro atoms. The largest absolute Gasteiger partial charge is 0.444 e. The van der Waals surface area contributed by atoms with Crippen LogP contribution in [0.4, 0.5) is 23.7 Å². The molecule has 0 saturated carbocycles. The predicted molar refractivity (Wildman–Crippen MR) is 166 cm³/mol. The Morgan fingerprint density at radius 2 is 1.62 bits per heavy atom. The lowest BCUT2D eigenvalue weighted by Crippen LogP contribution is -2.54. The molecule has 2 aromatic carbocycles. The minimum atomic E-state index is -4.51. The van der Waals surface area contributed by atoms with Gasteiger partial charge < -0.3 is 25.6 Å². The Balaban J connectivity index is 1.53. The summed E-state index contributed by atoms with van der Waals surface area (Å²) in [6, 6.07) is 11.3. The normalized spacial score (nSPS) is 15.3. The molecule has 1 saturated heterocycles. The molecule has 2 heterocycles. The summed E-state index contributed by atoms with van der Waals surface area (Å²) in [4.78, 5) is 46.5. The molecule has 4 rings (SSSR count). The molecule has 3 N–H and O–H groups in total. The number of alkyl halides is 3. The van der Waals surface area contributed by atoms with Gasteiger partial charge in [-0.2, -0.15) is 13.2 Å². The van der Waals surface area contributed by atoms with E-state index in [2.05, 4.69) is 25.8 Å². The quantitative estimate of drug-likeness (QED) is 0.252. The summed E-state index contributed by atoms with van der Waals surface area (Å²) in [7, 11) is 0. The number of aromatic nitrogens is 1. The van der Waals surface area contributed by atoms with Crippen LogP contribution in [0.5, 0.6) is 0 Å². The van der Waals surface area contributed by atoms with Crippen molar-refractivity contribution in [2.24, 2.45) is 0 Å². The van der Waals surface area contributed by atoms with Gasteiger partial charge in [-0.15, -0.1) is 0 Å². The average molecular weight is 628 g/mol. The zero-order chi connectivity index (χ0) is 32.6. The monoisotopic (exact) mass is 627 g/mol. The summed E-state index contributed by atoms with van der Waals surface area (Å²) in [5.41, 5.74) is -0.0852. The molecule has 0 aliphatic carbocycles. The second kappa shape index (κ2) is 14.7. The van der Waals surface area contributed by atoms with E-state index in [1.54, 1.807) is 26.8 Å². The van der Waals surface area contributed by atoms with Crippen LogP contribution in [-0.4, -0.2) is 65.1 Å². The number of halogens is 3. The number of nitrogens with zero attached hydrogens (tertiary/aromatic N) is 2. The number of likely N-dealkylation sites (tertiary alicyclic amines) is 1. The number of carbonyl (C=O) groups excluding carboxylic acids is 3. The number of rotatable bonds is 11. The third-order valence-corrected chi connectivity index (χ3v) is 7.39. The van der Waals surface area contributed by atoms with Gasteiger partial charge in [0.1, 0.15) is 17.7 Å². The lowest BCUT2D eigenvalue weighted by Gasteiger charge is -2.26. The number of pyridine rings is 1. The summed E-state index contributed by atoms with van der Waals surface area (Å²) < 4.78 is 44.9. The molecule has 2 atom stereocenters. The molecule has 9 nitrogen and oxygen atoms in total. The fourth-order valence-corrected chi connectivity index (χ4v) is 5.16. The molecule has 0 bridgehead atoms. The molecule has 45 heavy (non-hydrogen) atoms. The van der Waals surface area contributed by atoms with Crippen molar-refractivity contribution >= 4 is 34.5 Å². The minimum absolute atomic E-state index is 0.0936. The Bertz CT molecular complexity index is 1470. The molecule has 12 heteroatoms. The second-order valence-corrected chi connectivity index (χ2v) is 12.3. The van der Waals surface area contributed by atoms with Crippen molar-refractivity contribution in [3.8, 4) is 0 Å². The number of hydrogen-bond acceptors (Lipinski definition) is 6. The van der Waals surface area contributed by atoms with Crippen molar-refractivity contribution < 1.29 is 32.3 Å². The van der Waals surface area contributed by atoms with Crippen molar-refractivity contribution in [1.82, 2.24) is 20.5 Å². The highest BCUT2D eigenvalue weighted by Crippen LogP contribution is 2.29. The Hall–Kier alpha value is -4.19. The van der Waals surface area contributed by atoms with E-state index >= 15 is 0 Å². The average Bonchev–Trinajstić information content (AvgIpc) is 3.48. The topological polar surface area (TPSA) is 113 Å². The van der Waals surface area contributed by atoms with Crippen LogP contribution in [0.15, 0.2) is 60.8 Å². The van der Waals surface area contributed by atoms with Crippen molar-refractivity contribution in [2.75, 3.05) is 25.0 Å². The number of hydrogen-bond donors (Lipinski definition) is 3. The second-order valence-electron chi connectivity index (χ2n) is 12.3. The van der Waals surface area contributed by atoms with Gasteiger partial charge >= 0.3 is 12.3 Å². The number of para-hydroxylation sites is 1. The number of ether oxygens (including phenoxy) is 1. The van der Waals surface area contributed by atoms with Crippen LogP contribution in [0.1, 0.15) is 57.6 Å². The summed E-state index contributed by atoms with van der Waals surface area (Å²) in [5, 5.41) is 8.94. The molecule has 1 aliphatic rings. The van der Waals surface area contributed by atoms with Gasteiger partial charge in [-0.1, -0.05) is 30.3 Å². The molecule has 0 radical (unpaired) electrons. The summed E-state index contributed by atoms with van der Waals surface area (Å²) in [5.74, 6) is -1.20. The summed E-state index contributed by atoms with van der Waals surface area (Å²) in [6.45, 7) is 7.85. The number of carbonyl (C=O) groups is 3. The first kappa shape index (κ1) is 33.7. The van der Waals surface area contributed by atoms with E-state index in [1.165, 1.54) is 18.3 Å². The van der Waals surface area contributed by atoms with Crippen LogP contribution in [0, 0.1) is 0 Å². The fraction of sp³-hybridized carbons (Fsp3) is 0.455. The highest BCUT2D eigenvalue weighted by molar-refractivity contribution is 5.99. The van der Waals surface area contributed by atoms with Crippen LogP contribution in [0.25, 0.3) is 10.9 Å². The van der Waals surface area contributed by atoms with Crippen LogP contribution < -0.4 is 16.0 Å². The zero-order valence-electron chi connectivity index (χ0n) is 25.7. The van der Waals surface area contributed by atoms with Crippen LogP contribution >= 0.6 is 0 Å². The summed E-state index contributed by atoms with van der Waals surface area (Å²) >= 11 is 0. The van der Waals surface area contributed by atoms with E-state index in [1.807, 2.05) is 24.3 Å². The van der Waals surface area contributed by atoms with E-state index in [-0.39, 0.29) is 6.42 Å². The van der Waals surface area contributed by atoms with E-state index < -0.39 is 47.3 Å². The van der Waals surface area contributed by atoms with Crippen molar-refractivity contribution in [1.29, 1.82) is 0 Å². The van der Waals surface area contributed by atoms with E-state index in [4.69, 9.17) is 4.74 Å². The van der Waals surface area contributed by atoms with Crippen molar-refractivity contribution in [3.05, 3.63) is 71.9 Å². The maximum Gasteiger partial charge on any atom is 0.416 e. The first-order valence-corrected chi connectivity index (χ1v) is 15.1. The van der Waals surface area contributed by atoms with Gasteiger partial charge in [-0.25, -0.2) is 4.79 Å². The Kier molecular flexibility index (Phi) is 11.0. The molecule has 1 aromatic heterocycles. The van der Waals surface area contributed by atoms with Crippen LogP contribution in [0.3, 0.4) is 0 Å². The Morgan fingerprint density at radius 1 is 0.933 bits per heavy atom. The van der Waals surface area contributed by atoms with Gasteiger partial charge in [0.25, 0.3) is 0 Å². The van der Waals surface area contributed by atoms with Gasteiger partial charge in [-0.3, -0.25) is 14.6 Å². The van der Waals surface area contributed by atoms with Crippen LogP contribution in [-0.2, 0) is 26.9 Å². The molecule has 242 valence electrons. The van der Waals surface area contributed by atoms with Gasteiger partial charge in [0, 0.05) is 11.8 Å². The first-order valence-electron chi connectivity index (χ1n) is 15.1. The molecular formula is C33H40F3N5O4. The SMILES string of the molecule is CC(C)(C)OC(=O)N[C@@H](CCCN1CCCC1)C(=O)N[C@H](Cc1ccc(C(F)(F)F)cc1)C(=O)Nc1cnc2ccccc2c1. The minimum Gasteiger partial charge on any atom is -0.444 e. The molecular weight excluding hydrogens is 587 g/mol. The summed E-state index contributed by atoms with van der Waals surface area (Å²) in [6.07, 6.45) is -0.734. The Morgan fingerprint density at radius 3 is 2.29 bits per heavy atom. The smallest absolute Gasteiger partial charge is 0.416 e. The molecule has 0 unspecified atom stereocenters. The van der Waals surface area contributed by atoms with Gasteiger partial charge in [0.15, 0.2) is 0 Å². The highest BCUT2D eigenvalue weighted by atomic mass is 19.4. The third-order valence-electron chi connectivity index (χ3n) is 7.39. The number of amides is 3. The van der Waals surface area contributed by atoms with Gasteiger partial charge in [-0.05, 0) is 95.9 Å². The number of nitrogens with one attached hydrogen (secondary N) is 3. The van der Waals surface area contributed by atoms with E-state index in [0.29, 0.717) is 24.1 Å². The number of fused-ring (bicyclic) bond motifs is 1. The maximum absolute atomic E-state index is 13.7. The van der Waals surface area contributed by atoms with E-state index in [0.717, 1.165) is 55.5 Å². The lowest BCUT2D eigenvalue weighted by atomic mass is 10.0. The van der Waals surface area contributed by atoms with Gasteiger partial charge in [0.05, 0.1) is 23.0 Å². The first-order chi connectivity index (χ1) is 21.3.